The second-order valence-corrected chi connectivity index (χ2v) is 10.5. The molecule has 2 nitrogen and oxygen atoms in total. The van der Waals surface area contributed by atoms with Crippen molar-refractivity contribution in [3.63, 3.8) is 0 Å². The molecule has 0 unspecified atom stereocenters. The summed E-state index contributed by atoms with van der Waals surface area (Å²) in [6.45, 7) is 16.8. The zero-order chi connectivity index (χ0) is 30.9. The topological polar surface area (TPSA) is 9.86 Å². The van der Waals surface area contributed by atoms with E-state index in [1.807, 2.05) is 27.7 Å². The average molecular weight is 618 g/mol. The minimum atomic E-state index is 0. The van der Waals surface area contributed by atoms with Crippen molar-refractivity contribution in [2.24, 2.45) is 0 Å². The van der Waals surface area contributed by atoms with Crippen LogP contribution in [-0.2, 0) is 25.0 Å². The molecule has 225 valence electrons. The zero-order valence-electron chi connectivity index (χ0n) is 27.6. The first-order valence-electron chi connectivity index (χ1n) is 15.7. The molecule has 0 aliphatic heterocycles. The van der Waals surface area contributed by atoms with E-state index in [1.54, 1.807) is 0 Å². The van der Waals surface area contributed by atoms with Gasteiger partial charge in [-0.05, 0) is 86.3 Å². The van der Waals surface area contributed by atoms with Crippen molar-refractivity contribution < 1.29 is 18.6 Å². The summed E-state index contributed by atoms with van der Waals surface area (Å²) in [6, 6.07) is 43.9. The maximum Gasteiger partial charge on any atom is 0.0534 e. The van der Waals surface area contributed by atoms with Crippen molar-refractivity contribution >= 4 is 0 Å². The number of benzene rings is 4. The molecule has 4 aromatic carbocycles. The van der Waals surface area contributed by atoms with Crippen molar-refractivity contribution in [3.8, 4) is 33.9 Å². The summed E-state index contributed by atoms with van der Waals surface area (Å²) < 4.78 is 4.81. The van der Waals surface area contributed by atoms with Gasteiger partial charge in [0, 0.05) is 47.7 Å². The monoisotopic (exact) mass is 617 g/mol. The summed E-state index contributed by atoms with van der Waals surface area (Å²) >= 11 is 0. The molecule has 0 saturated carbocycles. The van der Waals surface area contributed by atoms with Gasteiger partial charge in [-0.25, -0.2) is 0 Å². The average Bonchev–Trinajstić information content (AvgIpc) is 3.56. The van der Waals surface area contributed by atoms with E-state index in [0.29, 0.717) is 0 Å². The molecular weight excluding hydrogens is 571 g/mol. The van der Waals surface area contributed by atoms with Crippen LogP contribution in [0.15, 0.2) is 121 Å². The third-order valence-electron chi connectivity index (χ3n) is 7.81. The van der Waals surface area contributed by atoms with Crippen molar-refractivity contribution in [3.05, 3.63) is 155 Å². The van der Waals surface area contributed by atoms with E-state index in [4.69, 9.17) is 0 Å². The molecule has 0 aliphatic carbocycles. The first kappa shape index (κ1) is 34.5. The predicted molar refractivity (Wildman–Crippen MR) is 187 cm³/mol. The molecule has 6 aromatic rings. The molecule has 2 aromatic heterocycles. The molecule has 3 heteroatoms. The quantitative estimate of drug-likeness (QED) is 0.176. The summed E-state index contributed by atoms with van der Waals surface area (Å²) in [5.74, 6) is 0. The Bertz CT molecular complexity index is 1590. The maximum absolute atomic E-state index is 2.41. The van der Waals surface area contributed by atoms with Gasteiger partial charge in [-0.2, -0.15) is 0 Å². The van der Waals surface area contributed by atoms with Crippen LogP contribution < -0.4 is 0 Å². The first-order chi connectivity index (χ1) is 21.0. The van der Waals surface area contributed by atoms with Gasteiger partial charge in [-0.1, -0.05) is 124 Å². The third kappa shape index (κ3) is 7.38. The number of aromatic nitrogens is 2. The fraction of sp³-hybridized carbons (Fsp3) is 0.220. The molecule has 6 rings (SSSR count). The van der Waals surface area contributed by atoms with E-state index in [2.05, 4.69) is 158 Å². The van der Waals surface area contributed by atoms with Crippen LogP contribution in [-0.4, -0.2) is 9.13 Å². The zero-order valence-corrected chi connectivity index (χ0v) is 29.0. The van der Waals surface area contributed by atoms with Gasteiger partial charge in [-0.15, -0.1) is 0 Å². The number of rotatable bonds is 6. The van der Waals surface area contributed by atoms with Gasteiger partial charge in [0.25, 0.3) is 0 Å². The molecule has 0 bridgehead atoms. The Hall–Kier alpha value is -3.98. The van der Waals surface area contributed by atoms with Crippen LogP contribution in [0.5, 0.6) is 0 Å². The fourth-order valence-corrected chi connectivity index (χ4v) is 5.57. The van der Waals surface area contributed by atoms with Crippen LogP contribution in [0.25, 0.3) is 33.9 Å². The van der Waals surface area contributed by atoms with Gasteiger partial charge in [0.15, 0.2) is 0 Å². The van der Waals surface area contributed by atoms with Crippen LogP contribution in [0.3, 0.4) is 0 Å². The van der Waals surface area contributed by atoms with Crippen molar-refractivity contribution in [2.45, 2.75) is 61.8 Å². The number of nitrogens with zero attached hydrogens (tertiary/aromatic N) is 2. The van der Waals surface area contributed by atoms with Crippen LogP contribution in [0.4, 0.5) is 0 Å². The van der Waals surface area contributed by atoms with Crippen LogP contribution in [0.1, 0.15) is 61.3 Å². The molecule has 0 amide bonds. The number of aryl methyl sites for hydroxylation is 2. The minimum absolute atomic E-state index is 0. The Morgan fingerprint density at radius 1 is 0.432 bits per heavy atom. The van der Waals surface area contributed by atoms with E-state index in [-0.39, 0.29) is 18.6 Å². The number of para-hydroxylation sites is 2. The molecule has 0 spiro atoms. The van der Waals surface area contributed by atoms with Crippen molar-refractivity contribution in [2.75, 3.05) is 0 Å². The predicted octanol–water partition coefficient (Wildman–Crippen LogP) is 11.5. The number of hydrogen-bond acceptors (Lipinski definition) is 0. The summed E-state index contributed by atoms with van der Waals surface area (Å²) in [5, 5.41) is 0. The SMILES string of the molecule is CC.CC.Cc1ccc(-c2cc(Cc3cc(-c4ccc(C)cc4)n(-c4ccccc4)c3C)c(C)n2-c2ccccc2)cc1.[V]. The van der Waals surface area contributed by atoms with Gasteiger partial charge in [0.2, 0.25) is 0 Å². The largest absolute Gasteiger partial charge is 0.314 e. The molecule has 0 saturated heterocycles. The Balaban J connectivity index is 0.00000102. The molecule has 1 radical (unpaired) electrons. The minimum Gasteiger partial charge on any atom is -0.314 e. The van der Waals surface area contributed by atoms with E-state index < -0.39 is 0 Å². The third-order valence-corrected chi connectivity index (χ3v) is 7.81. The fourth-order valence-electron chi connectivity index (χ4n) is 5.57. The van der Waals surface area contributed by atoms with E-state index in [1.165, 1.54) is 67.5 Å². The van der Waals surface area contributed by atoms with Gasteiger partial charge in [-0.3, -0.25) is 0 Å². The number of hydrogen-bond donors (Lipinski definition) is 0. The first-order valence-corrected chi connectivity index (χ1v) is 15.7. The van der Waals surface area contributed by atoms with Gasteiger partial charge < -0.3 is 9.13 Å². The maximum atomic E-state index is 2.41. The van der Waals surface area contributed by atoms with Gasteiger partial charge in [0.05, 0.1) is 11.4 Å². The van der Waals surface area contributed by atoms with E-state index in [0.717, 1.165) is 6.42 Å². The summed E-state index contributed by atoms with van der Waals surface area (Å²) in [4.78, 5) is 0. The van der Waals surface area contributed by atoms with E-state index in [9.17, 15) is 0 Å². The summed E-state index contributed by atoms with van der Waals surface area (Å²) in [7, 11) is 0. The summed E-state index contributed by atoms with van der Waals surface area (Å²) in [6.07, 6.45) is 0.870. The standard InChI is InChI=1S/C37H34N2.2C2H6.V/c1-26-15-19-30(20-16-26)36-24-32(28(3)38(36)34-11-7-5-8-12-34)23-33-25-37(31-21-17-27(2)18-22-31)39(29(33)4)35-13-9-6-10-14-35;2*1-2;/h5-22,24-25H,23H2,1-4H3;2*1-2H3;. The molecule has 44 heavy (non-hydrogen) atoms. The van der Waals surface area contributed by atoms with Crippen LogP contribution in [0, 0.1) is 27.7 Å². The molecule has 0 aliphatic rings. The molecule has 2 heterocycles. The van der Waals surface area contributed by atoms with Gasteiger partial charge in [0.1, 0.15) is 0 Å². The van der Waals surface area contributed by atoms with Crippen molar-refractivity contribution in [1.29, 1.82) is 0 Å². The Morgan fingerprint density at radius 3 is 1.07 bits per heavy atom. The molecule has 0 atom stereocenters. The molecule has 0 N–H and O–H groups in total. The smallest absolute Gasteiger partial charge is 0.0534 e. The second-order valence-electron chi connectivity index (χ2n) is 10.5. The molecule has 0 fully saturated rings. The van der Waals surface area contributed by atoms with Crippen LogP contribution in [0.2, 0.25) is 0 Å². The normalized spacial score (nSPS) is 10.2. The van der Waals surface area contributed by atoms with Gasteiger partial charge >= 0.3 is 0 Å². The second kappa shape index (κ2) is 16.2. The Morgan fingerprint density at radius 2 is 0.750 bits per heavy atom. The van der Waals surface area contributed by atoms with Crippen molar-refractivity contribution in [1.82, 2.24) is 9.13 Å². The van der Waals surface area contributed by atoms with Crippen LogP contribution >= 0.6 is 0 Å². The molecular formula is C41H46N2V. The van der Waals surface area contributed by atoms with E-state index >= 15 is 0 Å². The summed E-state index contributed by atoms with van der Waals surface area (Å²) in [5.41, 5.74) is 15.1. The Kier molecular flexibility index (Phi) is 12.7. The Labute approximate surface area is 277 Å².